The molecule has 1 aliphatic carbocycles. The van der Waals surface area contributed by atoms with Crippen molar-refractivity contribution in [1.29, 1.82) is 0 Å². The number of urea groups is 1. The molecule has 3 aromatic rings. The Morgan fingerprint density at radius 1 is 1.31 bits per heavy atom. The van der Waals surface area contributed by atoms with Gasteiger partial charge in [-0.1, -0.05) is 18.2 Å². The normalized spacial score (nSPS) is 17.7. The van der Waals surface area contributed by atoms with Crippen LogP contribution in [0, 0.1) is 5.92 Å². The van der Waals surface area contributed by atoms with Crippen molar-refractivity contribution in [3.05, 3.63) is 48.4 Å². The minimum atomic E-state index is -2.57. The quantitative estimate of drug-likeness (QED) is 0.465. The van der Waals surface area contributed by atoms with Crippen LogP contribution in [0.15, 0.2) is 42.9 Å². The summed E-state index contributed by atoms with van der Waals surface area (Å²) in [6.45, 7) is 6.35. The Labute approximate surface area is 204 Å². The Morgan fingerprint density at radius 3 is 2.74 bits per heavy atom. The van der Waals surface area contributed by atoms with E-state index in [1.54, 1.807) is 18.2 Å². The number of rotatable bonds is 7. The van der Waals surface area contributed by atoms with E-state index in [4.69, 9.17) is 4.74 Å². The van der Waals surface area contributed by atoms with E-state index in [0.29, 0.717) is 30.9 Å². The Morgan fingerprint density at radius 2 is 2.06 bits per heavy atom. The zero-order valence-electron chi connectivity index (χ0n) is 20.7. The van der Waals surface area contributed by atoms with Crippen LogP contribution in [0.3, 0.4) is 0 Å². The lowest BCUT2D eigenvalue weighted by molar-refractivity contribution is -0.0485. The van der Waals surface area contributed by atoms with Gasteiger partial charge in [0.1, 0.15) is 0 Å². The average molecular weight is 486 g/mol. The number of carbonyl (C=O) groups excluding carboxylic acids is 1. The van der Waals surface area contributed by atoms with Crippen LogP contribution in [-0.2, 0) is 0 Å². The third kappa shape index (κ3) is 5.39. The largest absolute Gasteiger partial charge is 0.478 e. The summed E-state index contributed by atoms with van der Waals surface area (Å²) in [5.74, 6) is -2.07. The molecular formula is C26H33F2N5O2. The number of aromatic nitrogens is 3. The van der Waals surface area contributed by atoms with Crippen LogP contribution in [-0.4, -0.2) is 50.9 Å². The molecule has 1 fully saturated rings. The fraction of sp³-hybridized carbons (Fsp3) is 0.500. The van der Waals surface area contributed by atoms with Crippen LogP contribution >= 0.6 is 0 Å². The smallest absolute Gasteiger partial charge is 0.318 e. The zero-order chi connectivity index (χ0) is 25.2. The number of hydrogen-bond acceptors (Lipinski definition) is 4. The molecule has 2 heterocycles. The molecule has 1 aromatic carbocycles. The molecular weight excluding hydrogens is 452 g/mol. The number of benzene rings is 1. The van der Waals surface area contributed by atoms with E-state index in [9.17, 15) is 13.6 Å². The molecule has 188 valence electrons. The lowest BCUT2D eigenvalue weighted by atomic mass is 9.82. The summed E-state index contributed by atoms with van der Waals surface area (Å²) in [4.78, 5) is 23.8. The van der Waals surface area contributed by atoms with Crippen molar-refractivity contribution in [1.82, 2.24) is 24.6 Å². The maximum Gasteiger partial charge on any atom is 0.318 e. The van der Waals surface area contributed by atoms with Crippen LogP contribution in [0.5, 0.6) is 5.88 Å². The topological polar surface area (TPSA) is 71.8 Å². The fourth-order valence-corrected chi connectivity index (χ4v) is 4.87. The Kier molecular flexibility index (Phi) is 7.23. The van der Waals surface area contributed by atoms with Gasteiger partial charge in [-0.25, -0.2) is 23.5 Å². The van der Waals surface area contributed by atoms with Gasteiger partial charge in [0, 0.05) is 49.6 Å². The van der Waals surface area contributed by atoms with Gasteiger partial charge in [-0.3, -0.25) is 0 Å². The maximum absolute atomic E-state index is 13.5. The summed E-state index contributed by atoms with van der Waals surface area (Å²) < 4.78 is 34.3. The molecule has 0 saturated heterocycles. The van der Waals surface area contributed by atoms with Crippen molar-refractivity contribution >= 4 is 11.7 Å². The Hall–Kier alpha value is -3.23. The van der Waals surface area contributed by atoms with Gasteiger partial charge in [0.05, 0.1) is 18.8 Å². The van der Waals surface area contributed by atoms with E-state index >= 15 is 0 Å². The second kappa shape index (κ2) is 10.2. The number of methoxy groups -OCH3 is 1. The van der Waals surface area contributed by atoms with Crippen molar-refractivity contribution in [3.63, 3.8) is 0 Å². The van der Waals surface area contributed by atoms with Crippen molar-refractivity contribution < 1.29 is 18.3 Å². The molecule has 7 nitrogen and oxygen atoms in total. The van der Waals surface area contributed by atoms with E-state index in [1.165, 1.54) is 0 Å². The van der Waals surface area contributed by atoms with Gasteiger partial charge in [-0.2, -0.15) is 0 Å². The number of ether oxygens (including phenoxy) is 1. The van der Waals surface area contributed by atoms with Gasteiger partial charge >= 0.3 is 6.03 Å². The van der Waals surface area contributed by atoms with Gasteiger partial charge in [0.15, 0.2) is 5.65 Å². The summed E-state index contributed by atoms with van der Waals surface area (Å²) in [5.41, 5.74) is 3.24. The number of nitrogens with zero attached hydrogens (tertiary/aromatic N) is 4. The lowest BCUT2D eigenvalue weighted by Crippen LogP contribution is -2.48. The summed E-state index contributed by atoms with van der Waals surface area (Å²) >= 11 is 0. The molecule has 0 radical (unpaired) electrons. The first-order valence-electron chi connectivity index (χ1n) is 12.2. The highest BCUT2D eigenvalue weighted by Crippen LogP contribution is 2.37. The first-order valence-corrected chi connectivity index (χ1v) is 12.2. The average Bonchev–Trinajstić information content (AvgIpc) is 3.32. The van der Waals surface area contributed by atoms with Gasteiger partial charge in [0.25, 0.3) is 5.88 Å². The summed E-state index contributed by atoms with van der Waals surface area (Å²) in [7, 11) is 1.57. The Balaban J connectivity index is 1.49. The first kappa shape index (κ1) is 24.9. The molecule has 2 aromatic heterocycles. The van der Waals surface area contributed by atoms with Crippen LogP contribution in [0.1, 0.15) is 58.1 Å². The molecule has 2 atom stereocenters. The third-order valence-electron chi connectivity index (χ3n) is 7.09. The molecule has 0 spiro atoms. The first-order chi connectivity index (χ1) is 16.7. The van der Waals surface area contributed by atoms with Crippen LogP contribution < -0.4 is 10.1 Å². The summed E-state index contributed by atoms with van der Waals surface area (Å²) in [6, 6.07) is 7.39. The fourth-order valence-electron chi connectivity index (χ4n) is 4.87. The van der Waals surface area contributed by atoms with Gasteiger partial charge in [0.2, 0.25) is 5.92 Å². The number of alkyl halides is 2. The number of nitrogens with one attached hydrogen (secondary N) is 1. The minimum absolute atomic E-state index is 0.0649. The molecule has 1 aliphatic rings. The van der Waals surface area contributed by atoms with E-state index < -0.39 is 5.92 Å². The highest BCUT2D eigenvalue weighted by Gasteiger charge is 2.37. The highest BCUT2D eigenvalue weighted by molar-refractivity contribution is 5.75. The standard InChI is InChI=1S/C26H33F2N5O2/c1-5-33(25(34)30-17(2)19-9-11-26(27,28)12-10-19)18(3)20-7-6-8-21(15-20)22-16-32-14-13-29-23(32)24(31-22)35-4/h6-8,13-19H,5,9-12H2,1-4H3,(H,30,34). The molecule has 0 bridgehead atoms. The molecule has 1 saturated carbocycles. The predicted octanol–water partition coefficient (Wildman–Crippen LogP) is 5.71. The molecule has 0 aliphatic heterocycles. The molecule has 4 rings (SSSR count). The number of hydrogen-bond donors (Lipinski definition) is 1. The van der Waals surface area contributed by atoms with Crippen molar-refractivity contribution in [3.8, 4) is 17.1 Å². The third-order valence-corrected chi connectivity index (χ3v) is 7.09. The number of fused-ring (bicyclic) bond motifs is 1. The van der Waals surface area contributed by atoms with Crippen LogP contribution in [0.2, 0.25) is 0 Å². The predicted molar refractivity (Wildman–Crippen MR) is 131 cm³/mol. The van der Waals surface area contributed by atoms with Crippen LogP contribution in [0.25, 0.3) is 16.9 Å². The second-order valence-electron chi connectivity index (χ2n) is 9.31. The number of halogens is 2. The van der Waals surface area contributed by atoms with E-state index in [2.05, 4.69) is 15.3 Å². The van der Waals surface area contributed by atoms with Crippen molar-refractivity contribution in [2.45, 2.75) is 64.5 Å². The van der Waals surface area contributed by atoms with Crippen LogP contribution in [0.4, 0.5) is 13.6 Å². The van der Waals surface area contributed by atoms with Gasteiger partial charge in [-0.05, 0) is 51.2 Å². The minimum Gasteiger partial charge on any atom is -0.478 e. The van der Waals surface area contributed by atoms with Gasteiger partial charge < -0.3 is 19.4 Å². The maximum atomic E-state index is 13.5. The van der Waals surface area contributed by atoms with Crippen molar-refractivity contribution in [2.24, 2.45) is 5.92 Å². The zero-order valence-corrected chi connectivity index (χ0v) is 20.7. The summed E-state index contributed by atoms with van der Waals surface area (Å²) in [5, 5.41) is 3.06. The summed E-state index contributed by atoms with van der Waals surface area (Å²) in [6.07, 6.45) is 6.07. The van der Waals surface area contributed by atoms with Crippen molar-refractivity contribution in [2.75, 3.05) is 13.7 Å². The number of amides is 2. The number of carbonyl (C=O) groups is 1. The van der Waals surface area contributed by atoms with E-state index in [1.807, 2.05) is 61.8 Å². The molecule has 9 heteroatoms. The molecule has 1 N–H and O–H groups in total. The van der Waals surface area contributed by atoms with E-state index in [-0.39, 0.29) is 36.9 Å². The van der Waals surface area contributed by atoms with Gasteiger partial charge in [-0.15, -0.1) is 0 Å². The molecule has 2 unspecified atom stereocenters. The Bertz CT molecular complexity index is 1170. The number of imidazole rings is 1. The highest BCUT2D eigenvalue weighted by atomic mass is 19.3. The SMILES string of the molecule is CCN(C(=O)NC(C)C1CCC(F)(F)CC1)C(C)c1cccc(-c2cn3ccnc3c(OC)n2)c1. The molecule has 2 amide bonds. The van der Waals surface area contributed by atoms with E-state index in [0.717, 1.165) is 16.8 Å². The molecule has 35 heavy (non-hydrogen) atoms. The lowest BCUT2D eigenvalue weighted by Gasteiger charge is -2.35. The second-order valence-corrected chi connectivity index (χ2v) is 9.31. The monoisotopic (exact) mass is 485 g/mol.